The van der Waals surface area contributed by atoms with Gasteiger partial charge in [0.05, 0.1) is 0 Å². The second-order valence-corrected chi connectivity index (χ2v) is 4.27. The second-order valence-electron chi connectivity index (χ2n) is 4.27. The molecule has 3 N–H and O–H groups in total. The van der Waals surface area contributed by atoms with Crippen molar-refractivity contribution in [3.8, 4) is 5.75 Å². The second kappa shape index (κ2) is 6.81. The van der Waals surface area contributed by atoms with E-state index in [9.17, 15) is 13.6 Å². The first-order chi connectivity index (χ1) is 10.1. The molecule has 0 aliphatic carbocycles. The number of carbonyl (C=O) groups is 1. The van der Waals surface area contributed by atoms with E-state index in [0.29, 0.717) is 11.8 Å². The van der Waals surface area contributed by atoms with Gasteiger partial charge in [0.15, 0.2) is 18.2 Å². The molecular formula is C15H14F2N2O2. The molecule has 0 bridgehead atoms. The number of hydrogen-bond donors (Lipinski definition) is 2. The topological polar surface area (TPSA) is 64.3 Å². The smallest absolute Gasteiger partial charge is 0.262 e. The minimum Gasteiger partial charge on any atom is -0.481 e. The molecule has 0 unspecified atom stereocenters. The summed E-state index contributed by atoms with van der Waals surface area (Å²) in [5.41, 5.74) is 6.91. The van der Waals surface area contributed by atoms with Crippen LogP contribution in [-0.2, 0) is 11.3 Å². The third-order valence-electron chi connectivity index (χ3n) is 2.76. The molecule has 0 saturated carbocycles. The minimum atomic E-state index is -0.856. The number of nitrogens with two attached hydrogens (primary N) is 1. The highest BCUT2D eigenvalue weighted by Crippen LogP contribution is 2.18. The number of ether oxygens (including phenoxy) is 1. The van der Waals surface area contributed by atoms with Gasteiger partial charge in [0.2, 0.25) is 0 Å². The summed E-state index contributed by atoms with van der Waals surface area (Å²) in [7, 11) is 0. The van der Waals surface area contributed by atoms with Crippen molar-refractivity contribution in [3.05, 3.63) is 59.7 Å². The molecule has 4 nitrogen and oxygen atoms in total. The molecule has 0 spiro atoms. The fourth-order valence-corrected chi connectivity index (χ4v) is 1.74. The van der Waals surface area contributed by atoms with Crippen LogP contribution >= 0.6 is 0 Å². The summed E-state index contributed by atoms with van der Waals surface area (Å²) in [6.07, 6.45) is 0. The molecular weight excluding hydrogens is 278 g/mol. The lowest BCUT2D eigenvalue weighted by Gasteiger charge is -2.10. The van der Waals surface area contributed by atoms with E-state index in [1.54, 1.807) is 18.2 Å². The Kier molecular flexibility index (Phi) is 4.84. The Bertz CT molecular complexity index is 647. The number of rotatable bonds is 5. The van der Waals surface area contributed by atoms with Gasteiger partial charge in [0.25, 0.3) is 5.91 Å². The lowest BCUT2D eigenvalue weighted by molar-refractivity contribution is -0.118. The highest BCUT2D eigenvalue weighted by Gasteiger charge is 2.09. The molecule has 0 saturated heterocycles. The van der Waals surface area contributed by atoms with Crippen molar-refractivity contribution < 1.29 is 18.3 Å². The van der Waals surface area contributed by atoms with Gasteiger partial charge in [0, 0.05) is 18.3 Å². The Morgan fingerprint density at radius 2 is 1.95 bits per heavy atom. The first-order valence-electron chi connectivity index (χ1n) is 6.26. The lowest BCUT2D eigenvalue weighted by atomic mass is 10.2. The molecule has 0 heterocycles. The number of halogens is 2. The molecule has 0 fully saturated rings. The van der Waals surface area contributed by atoms with Crippen molar-refractivity contribution >= 4 is 11.6 Å². The van der Waals surface area contributed by atoms with Crippen LogP contribution in [-0.4, -0.2) is 12.5 Å². The Hall–Kier alpha value is -2.47. The van der Waals surface area contributed by atoms with Gasteiger partial charge in [0.1, 0.15) is 5.82 Å². The minimum absolute atomic E-state index is 0.182. The number of carbonyl (C=O) groups excluding carboxylic acids is 1. The van der Waals surface area contributed by atoms with Crippen molar-refractivity contribution in [1.29, 1.82) is 0 Å². The summed E-state index contributed by atoms with van der Waals surface area (Å²) in [6, 6.07) is 9.94. The number of hydrogen-bond acceptors (Lipinski definition) is 3. The van der Waals surface area contributed by atoms with Gasteiger partial charge in [-0.25, -0.2) is 8.78 Å². The molecule has 110 valence electrons. The van der Waals surface area contributed by atoms with Gasteiger partial charge in [-0.2, -0.15) is 0 Å². The SMILES string of the molecule is NCc1ccccc1NC(=O)COc1ccc(F)cc1F. The first-order valence-corrected chi connectivity index (χ1v) is 6.26. The van der Waals surface area contributed by atoms with Crippen molar-refractivity contribution in [2.24, 2.45) is 5.73 Å². The van der Waals surface area contributed by atoms with E-state index < -0.39 is 17.5 Å². The fraction of sp³-hybridized carbons (Fsp3) is 0.133. The summed E-state index contributed by atoms with van der Waals surface area (Å²) in [6.45, 7) is -0.106. The van der Waals surface area contributed by atoms with Gasteiger partial charge in [-0.3, -0.25) is 4.79 Å². The largest absolute Gasteiger partial charge is 0.481 e. The van der Waals surface area contributed by atoms with Crippen LogP contribution in [0.2, 0.25) is 0 Å². The van der Waals surface area contributed by atoms with Crippen molar-refractivity contribution in [3.63, 3.8) is 0 Å². The van der Waals surface area contributed by atoms with Gasteiger partial charge in [-0.1, -0.05) is 18.2 Å². The molecule has 0 aromatic heterocycles. The van der Waals surface area contributed by atoms with Crippen LogP contribution in [0.5, 0.6) is 5.75 Å². The van der Waals surface area contributed by atoms with Crippen LogP contribution in [0.1, 0.15) is 5.56 Å². The number of para-hydroxylation sites is 1. The quantitative estimate of drug-likeness (QED) is 0.889. The van der Waals surface area contributed by atoms with Gasteiger partial charge in [-0.05, 0) is 23.8 Å². The molecule has 2 rings (SSSR count). The predicted octanol–water partition coefficient (Wildman–Crippen LogP) is 2.44. The van der Waals surface area contributed by atoms with E-state index in [1.165, 1.54) is 0 Å². The highest BCUT2D eigenvalue weighted by molar-refractivity contribution is 5.92. The molecule has 2 aromatic carbocycles. The number of benzene rings is 2. The maximum Gasteiger partial charge on any atom is 0.262 e. The summed E-state index contributed by atoms with van der Waals surface area (Å²) in [5.74, 6) is -2.20. The molecule has 0 radical (unpaired) electrons. The van der Waals surface area contributed by atoms with Crippen LogP contribution < -0.4 is 15.8 Å². The standard InChI is InChI=1S/C15H14F2N2O2/c16-11-5-6-14(12(17)7-11)21-9-15(20)19-13-4-2-1-3-10(13)8-18/h1-7H,8-9,18H2,(H,19,20). The van der Waals surface area contributed by atoms with E-state index in [4.69, 9.17) is 10.5 Å². The zero-order valence-corrected chi connectivity index (χ0v) is 11.1. The Morgan fingerprint density at radius 3 is 2.67 bits per heavy atom. The fourth-order valence-electron chi connectivity index (χ4n) is 1.74. The Balaban J connectivity index is 1.96. The lowest BCUT2D eigenvalue weighted by Crippen LogP contribution is -2.21. The van der Waals surface area contributed by atoms with Crippen molar-refractivity contribution in [2.45, 2.75) is 6.54 Å². The Labute approximate surface area is 120 Å². The maximum absolute atomic E-state index is 13.3. The zero-order valence-electron chi connectivity index (χ0n) is 11.1. The van der Waals surface area contributed by atoms with Crippen LogP contribution in [0.25, 0.3) is 0 Å². The molecule has 6 heteroatoms. The zero-order chi connectivity index (χ0) is 15.2. The monoisotopic (exact) mass is 292 g/mol. The molecule has 2 aromatic rings. The molecule has 1 amide bonds. The summed E-state index contributed by atoms with van der Waals surface area (Å²) in [5, 5.41) is 2.62. The van der Waals surface area contributed by atoms with Crippen LogP contribution in [0.3, 0.4) is 0 Å². The van der Waals surface area contributed by atoms with Crippen molar-refractivity contribution in [2.75, 3.05) is 11.9 Å². The number of nitrogens with one attached hydrogen (secondary N) is 1. The van der Waals surface area contributed by atoms with Gasteiger partial charge >= 0.3 is 0 Å². The van der Waals surface area contributed by atoms with E-state index >= 15 is 0 Å². The third kappa shape index (κ3) is 4.00. The molecule has 0 atom stereocenters. The van der Waals surface area contributed by atoms with Crippen LogP contribution in [0, 0.1) is 11.6 Å². The maximum atomic E-state index is 13.3. The first kappa shape index (κ1) is 14.9. The number of anilines is 1. The van der Waals surface area contributed by atoms with Crippen LogP contribution in [0.4, 0.5) is 14.5 Å². The Morgan fingerprint density at radius 1 is 1.19 bits per heavy atom. The van der Waals surface area contributed by atoms with E-state index in [1.807, 2.05) is 6.07 Å². The third-order valence-corrected chi connectivity index (χ3v) is 2.76. The predicted molar refractivity (Wildman–Crippen MR) is 74.8 cm³/mol. The number of amides is 1. The van der Waals surface area contributed by atoms with E-state index in [2.05, 4.69) is 5.32 Å². The van der Waals surface area contributed by atoms with Gasteiger partial charge in [-0.15, -0.1) is 0 Å². The summed E-state index contributed by atoms with van der Waals surface area (Å²) >= 11 is 0. The normalized spacial score (nSPS) is 10.2. The van der Waals surface area contributed by atoms with Crippen molar-refractivity contribution in [1.82, 2.24) is 0 Å². The van der Waals surface area contributed by atoms with E-state index in [0.717, 1.165) is 17.7 Å². The summed E-state index contributed by atoms with van der Waals surface area (Å²) < 4.78 is 31.1. The molecule has 0 aliphatic heterocycles. The molecule has 0 aliphatic rings. The average Bonchev–Trinajstić information content (AvgIpc) is 2.47. The highest BCUT2D eigenvalue weighted by atomic mass is 19.1. The average molecular weight is 292 g/mol. The molecule has 21 heavy (non-hydrogen) atoms. The van der Waals surface area contributed by atoms with Gasteiger partial charge < -0.3 is 15.8 Å². The van der Waals surface area contributed by atoms with E-state index in [-0.39, 0.29) is 18.9 Å². The summed E-state index contributed by atoms with van der Waals surface area (Å²) in [4.78, 5) is 11.8. The van der Waals surface area contributed by atoms with Crippen LogP contribution in [0.15, 0.2) is 42.5 Å².